The molecule has 0 aliphatic rings. The van der Waals surface area contributed by atoms with Crippen LogP contribution in [0.5, 0.6) is 0 Å². The third kappa shape index (κ3) is 0.895. The molecule has 60 valence electrons. The Morgan fingerprint density at radius 2 is 2.42 bits per heavy atom. The number of nitrogens with zero attached hydrogens (tertiary/aromatic N) is 4. The fraction of sp³-hybridized carbons (Fsp3) is 0. The highest BCUT2D eigenvalue weighted by molar-refractivity contribution is 5.35. The first-order chi connectivity index (χ1) is 5.77. The van der Waals surface area contributed by atoms with Crippen molar-refractivity contribution in [2.75, 3.05) is 0 Å². The summed E-state index contributed by atoms with van der Waals surface area (Å²) in [5.74, 6) is 0.151. The Kier molecular flexibility index (Phi) is 1.26. The predicted octanol–water partition coefficient (Wildman–Crippen LogP) is 0.637. The van der Waals surface area contributed by atoms with E-state index in [2.05, 4.69) is 9.97 Å². The van der Waals surface area contributed by atoms with Crippen LogP contribution < -0.4 is 0 Å². The summed E-state index contributed by atoms with van der Waals surface area (Å²) in [5.41, 5.74) is 0. The van der Waals surface area contributed by atoms with Crippen LogP contribution in [0.15, 0.2) is 24.7 Å². The maximum atomic E-state index is 10.3. The van der Waals surface area contributed by atoms with Crippen LogP contribution in [0.4, 0.5) is 5.82 Å². The van der Waals surface area contributed by atoms with Crippen molar-refractivity contribution in [3.63, 3.8) is 0 Å². The SMILES string of the molecule is O=[N+]([O-])c1cn2cccnc2n1. The van der Waals surface area contributed by atoms with E-state index in [1.807, 2.05) is 0 Å². The third-order valence-corrected chi connectivity index (χ3v) is 1.41. The molecule has 0 spiro atoms. The van der Waals surface area contributed by atoms with Crippen LogP contribution in [0.2, 0.25) is 0 Å². The summed E-state index contributed by atoms with van der Waals surface area (Å²) < 4.78 is 1.50. The minimum absolute atomic E-state index is 0.186. The highest BCUT2D eigenvalue weighted by Crippen LogP contribution is 2.08. The Morgan fingerprint density at radius 1 is 1.58 bits per heavy atom. The van der Waals surface area contributed by atoms with Crippen molar-refractivity contribution in [2.24, 2.45) is 0 Å². The zero-order chi connectivity index (χ0) is 8.55. The highest BCUT2D eigenvalue weighted by Gasteiger charge is 2.12. The molecule has 0 aliphatic carbocycles. The standard InChI is InChI=1S/C6H4N4O2/c11-10(12)5-4-9-3-1-2-7-6(9)8-5/h1-4H. The molecule has 2 heterocycles. The van der Waals surface area contributed by atoms with Gasteiger partial charge >= 0.3 is 11.6 Å². The van der Waals surface area contributed by atoms with Crippen LogP contribution in [0.3, 0.4) is 0 Å². The summed E-state index contributed by atoms with van der Waals surface area (Å²) in [7, 11) is 0. The minimum Gasteiger partial charge on any atom is -0.358 e. The molecule has 2 rings (SSSR count). The molecule has 0 amide bonds. The van der Waals surface area contributed by atoms with Gasteiger partial charge in [0.2, 0.25) is 0 Å². The molecule has 0 saturated heterocycles. The molecule has 0 unspecified atom stereocenters. The Labute approximate surface area is 66.6 Å². The van der Waals surface area contributed by atoms with Crippen molar-refractivity contribution >= 4 is 11.6 Å². The maximum absolute atomic E-state index is 10.3. The van der Waals surface area contributed by atoms with Gasteiger partial charge in [0, 0.05) is 17.4 Å². The van der Waals surface area contributed by atoms with Crippen LogP contribution in [-0.2, 0) is 0 Å². The first-order valence-corrected chi connectivity index (χ1v) is 3.21. The van der Waals surface area contributed by atoms with Gasteiger partial charge in [-0.2, -0.15) is 4.98 Å². The van der Waals surface area contributed by atoms with E-state index in [0.29, 0.717) is 5.78 Å². The van der Waals surface area contributed by atoms with Crippen molar-refractivity contribution in [3.8, 4) is 0 Å². The van der Waals surface area contributed by atoms with Gasteiger partial charge in [0.25, 0.3) is 0 Å². The number of hydrogen-bond donors (Lipinski definition) is 0. The van der Waals surface area contributed by atoms with E-state index in [9.17, 15) is 10.1 Å². The second-order valence-corrected chi connectivity index (χ2v) is 2.18. The normalized spacial score (nSPS) is 10.3. The van der Waals surface area contributed by atoms with Crippen LogP contribution in [-0.4, -0.2) is 19.3 Å². The van der Waals surface area contributed by atoms with Gasteiger partial charge in [-0.15, -0.1) is 0 Å². The molecule has 6 nitrogen and oxygen atoms in total. The molecule has 0 radical (unpaired) electrons. The van der Waals surface area contributed by atoms with Gasteiger partial charge < -0.3 is 10.1 Å². The van der Waals surface area contributed by atoms with Gasteiger partial charge in [-0.1, -0.05) is 0 Å². The first kappa shape index (κ1) is 6.71. The number of rotatable bonds is 1. The molecule has 0 aliphatic heterocycles. The van der Waals surface area contributed by atoms with Gasteiger partial charge in [-0.05, 0) is 11.0 Å². The molecule has 6 heteroatoms. The molecule has 0 saturated carbocycles. The Balaban J connectivity index is 2.70. The molecule has 2 aromatic rings. The van der Waals surface area contributed by atoms with Gasteiger partial charge in [0.1, 0.15) is 6.20 Å². The summed E-state index contributed by atoms with van der Waals surface area (Å²) in [6.07, 6.45) is 4.51. The van der Waals surface area contributed by atoms with Gasteiger partial charge in [-0.3, -0.25) is 4.40 Å². The van der Waals surface area contributed by atoms with Crippen molar-refractivity contribution in [3.05, 3.63) is 34.8 Å². The number of imidazole rings is 1. The van der Waals surface area contributed by atoms with Crippen molar-refractivity contribution < 1.29 is 4.92 Å². The fourth-order valence-electron chi connectivity index (χ4n) is 0.905. The van der Waals surface area contributed by atoms with Crippen molar-refractivity contribution in [2.45, 2.75) is 0 Å². The third-order valence-electron chi connectivity index (χ3n) is 1.41. The van der Waals surface area contributed by atoms with Crippen molar-refractivity contribution in [1.82, 2.24) is 14.4 Å². The number of aromatic nitrogens is 3. The maximum Gasteiger partial charge on any atom is 0.384 e. The van der Waals surface area contributed by atoms with Gasteiger partial charge in [0.15, 0.2) is 0 Å². The molecular weight excluding hydrogens is 160 g/mol. The molecule has 12 heavy (non-hydrogen) atoms. The summed E-state index contributed by atoms with van der Waals surface area (Å²) in [6.45, 7) is 0. The van der Waals surface area contributed by atoms with Crippen LogP contribution in [0, 0.1) is 10.1 Å². The average molecular weight is 164 g/mol. The molecule has 0 N–H and O–H groups in total. The van der Waals surface area contributed by atoms with Gasteiger partial charge in [0.05, 0.1) is 0 Å². The number of fused-ring (bicyclic) bond motifs is 1. The second kappa shape index (κ2) is 2.26. The van der Waals surface area contributed by atoms with E-state index in [-0.39, 0.29) is 5.82 Å². The van der Waals surface area contributed by atoms with E-state index >= 15 is 0 Å². The summed E-state index contributed by atoms with van der Waals surface area (Å²) in [4.78, 5) is 17.2. The number of hydrogen-bond acceptors (Lipinski definition) is 4. The topological polar surface area (TPSA) is 73.3 Å². The van der Waals surface area contributed by atoms with Crippen LogP contribution in [0.1, 0.15) is 0 Å². The summed E-state index contributed by atoms with van der Waals surface area (Å²) >= 11 is 0. The second-order valence-electron chi connectivity index (χ2n) is 2.18. The van der Waals surface area contributed by atoms with Crippen molar-refractivity contribution in [1.29, 1.82) is 0 Å². The zero-order valence-electron chi connectivity index (χ0n) is 5.91. The quantitative estimate of drug-likeness (QED) is 0.457. The Hall–Kier alpha value is -1.98. The summed E-state index contributed by atoms with van der Waals surface area (Å²) in [6, 6.07) is 1.68. The van der Waals surface area contributed by atoms with E-state index < -0.39 is 4.92 Å². The molecule has 2 aromatic heterocycles. The highest BCUT2D eigenvalue weighted by atomic mass is 16.6. The predicted molar refractivity (Wildman–Crippen MR) is 39.6 cm³/mol. The smallest absolute Gasteiger partial charge is 0.358 e. The van der Waals surface area contributed by atoms with E-state index in [1.54, 1.807) is 12.3 Å². The van der Waals surface area contributed by atoms with Gasteiger partial charge in [-0.25, -0.2) is 0 Å². The van der Waals surface area contributed by atoms with Crippen LogP contribution >= 0.6 is 0 Å². The molecule has 0 bridgehead atoms. The molecule has 0 atom stereocenters. The molecule has 0 aromatic carbocycles. The zero-order valence-corrected chi connectivity index (χ0v) is 5.91. The lowest BCUT2D eigenvalue weighted by atomic mass is 10.7. The summed E-state index contributed by atoms with van der Waals surface area (Å²) in [5, 5.41) is 10.3. The Bertz CT molecular complexity index is 403. The fourth-order valence-corrected chi connectivity index (χ4v) is 0.905. The molecular formula is C6H4N4O2. The largest absolute Gasteiger partial charge is 0.384 e. The lowest BCUT2D eigenvalue weighted by Gasteiger charge is -1.82. The minimum atomic E-state index is -0.547. The molecule has 0 fully saturated rings. The first-order valence-electron chi connectivity index (χ1n) is 3.21. The number of nitro groups is 1. The van der Waals surface area contributed by atoms with Crippen LogP contribution in [0.25, 0.3) is 5.78 Å². The van der Waals surface area contributed by atoms with E-state index in [1.165, 1.54) is 16.8 Å². The average Bonchev–Trinajstić information content (AvgIpc) is 2.46. The lowest BCUT2D eigenvalue weighted by molar-refractivity contribution is -0.389. The monoisotopic (exact) mass is 164 g/mol. The Morgan fingerprint density at radius 3 is 3.08 bits per heavy atom. The van der Waals surface area contributed by atoms with E-state index in [0.717, 1.165) is 0 Å². The lowest BCUT2D eigenvalue weighted by Crippen LogP contribution is -1.86. The van der Waals surface area contributed by atoms with E-state index in [4.69, 9.17) is 0 Å².